The molecule has 5 heteroatoms. The Hall–Kier alpha value is -0.650. The highest BCUT2D eigenvalue weighted by molar-refractivity contribution is 9.10. The van der Waals surface area contributed by atoms with Gasteiger partial charge < -0.3 is 5.73 Å². The standard InChI is InChI=1S/C11H14BrN3S/c1-3-15-10(4-7(2)14-15)11(13)8-5-16-6-9(8)12/h4-6,11H,3,13H2,1-2H3. The first-order valence-corrected chi connectivity index (χ1v) is 6.88. The minimum absolute atomic E-state index is 0.109. The van der Waals surface area contributed by atoms with Crippen molar-refractivity contribution >= 4 is 27.3 Å². The molecule has 0 aliphatic carbocycles. The number of thiophene rings is 1. The third-order valence-electron chi connectivity index (χ3n) is 2.53. The molecule has 0 aliphatic rings. The third-order valence-corrected chi connectivity index (χ3v) is 4.28. The minimum atomic E-state index is -0.109. The predicted octanol–water partition coefficient (Wildman–Crippen LogP) is 3.08. The lowest BCUT2D eigenvalue weighted by atomic mass is 10.1. The SMILES string of the molecule is CCn1nc(C)cc1C(N)c1cscc1Br. The first-order chi connectivity index (χ1) is 7.63. The highest BCUT2D eigenvalue weighted by Gasteiger charge is 2.17. The van der Waals surface area contributed by atoms with Gasteiger partial charge in [0.2, 0.25) is 0 Å². The molecule has 3 nitrogen and oxygen atoms in total. The van der Waals surface area contributed by atoms with Gasteiger partial charge in [0, 0.05) is 16.4 Å². The van der Waals surface area contributed by atoms with Gasteiger partial charge >= 0.3 is 0 Å². The van der Waals surface area contributed by atoms with E-state index in [-0.39, 0.29) is 6.04 Å². The molecule has 16 heavy (non-hydrogen) atoms. The predicted molar refractivity (Wildman–Crippen MR) is 70.7 cm³/mol. The average molecular weight is 300 g/mol. The fourth-order valence-corrected chi connectivity index (χ4v) is 3.32. The van der Waals surface area contributed by atoms with Crippen molar-refractivity contribution in [2.75, 3.05) is 0 Å². The molecule has 0 saturated carbocycles. The van der Waals surface area contributed by atoms with Crippen molar-refractivity contribution in [3.8, 4) is 0 Å². The molecular weight excluding hydrogens is 286 g/mol. The molecule has 2 aromatic rings. The van der Waals surface area contributed by atoms with Gasteiger partial charge in [-0.15, -0.1) is 0 Å². The van der Waals surface area contributed by atoms with Crippen LogP contribution in [0.25, 0.3) is 0 Å². The summed E-state index contributed by atoms with van der Waals surface area (Å²) in [7, 11) is 0. The van der Waals surface area contributed by atoms with Crippen molar-refractivity contribution < 1.29 is 0 Å². The maximum atomic E-state index is 6.27. The van der Waals surface area contributed by atoms with Gasteiger partial charge in [-0.3, -0.25) is 4.68 Å². The Labute approximate surface area is 107 Å². The van der Waals surface area contributed by atoms with Crippen LogP contribution in [0.1, 0.15) is 29.9 Å². The summed E-state index contributed by atoms with van der Waals surface area (Å²) in [5.41, 5.74) is 9.47. The zero-order chi connectivity index (χ0) is 11.7. The number of aromatic nitrogens is 2. The van der Waals surface area contributed by atoms with Crippen molar-refractivity contribution in [1.29, 1.82) is 0 Å². The highest BCUT2D eigenvalue weighted by atomic mass is 79.9. The summed E-state index contributed by atoms with van der Waals surface area (Å²) >= 11 is 5.17. The Morgan fingerprint density at radius 3 is 2.88 bits per heavy atom. The number of hydrogen-bond acceptors (Lipinski definition) is 3. The molecule has 0 radical (unpaired) electrons. The van der Waals surface area contributed by atoms with Gasteiger partial charge in [0.15, 0.2) is 0 Å². The lowest BCUT2D eigenvalue weighted by Gasteiger charge is -2.12. The average Bonchev–Trinajstić information content (AvgIpc) is 2.83. The van der Waals surface area contributed by atoms with Gasteiger partial charge in [0.1, 0.15) is 0 Å². The van der Waals surface area contributed by atoms with E-state index in [0.29, 0.717) is 0 Å². The summed E-state index contributed by atoms with van der Waals surface area (Å²) in [6.45, 7) is 4.91. The van der Waals surface area contributed by atoms with Crippen molar-refractivity contribution in [1.82, 2.24) is 9.78 Å². The zero-order valence-corrected chi connectivity index (χ0v) is 11.7. The first kappa shape index (κ1) is 11.8. The van der Waals surface area contributed by atoms with E-state index >= 15 is 0 Å². The van der Waals surface area contributed by atoms with Crippen molar-refractivity contribution in [3.05, 3.63) is 38.3 Å². The van der Waals surface area contributed by atoms with Crippen molar-refractivity contribution in [2.45, 2.75) is 26.4 Å². The Morgan fingerprint density at radius 1 is 1.56 bits per heavy atom. The van der Waals surface area contributed by atoms with Crippen molar-refractivity contribution in [3.63, 3.8) is 0 Å². The second kappa shape index (κ2) is 4.69. The van der Waals surface area contributed by atoms with Gasteiger partial charge in [0.05, 0.1) is 17.4 Å². The summed E-state index contributed by atoms with van der Waals surface area (Å²) in [5.74, 6) is 0. The third kappa shape index (κ3) is 2.07. The van der Waals surface area contributed by atoms with E-state index < -0.39 is 0 Å². The molecule has 0 fully saturated rings. The van der Waals surface area contributed by atoms with E-state index in [2.05, 4.69) is 44.8 Å². The van der Waals surface area contributed by atoms with Crippen molar-refractivity contribution in [2.24, 2.45) is 5.73 Å². The zero-order valence-electron chi connectivity index (χ0n) is 9.27. The number of rotatable bonds is 3. The maximum Gasteiger partial charge on any atom is 0.0742 e. The first-order valence-electron chi connectivity index (χ1n) is 5.15. The van der Waals surface area contributed by atoms with Crippen LogP contribution < -0.4 is 5.73 Å². The Bertz CT molecular complexity index is 489. The summed E-state index contributed by atoms with van der Waals surface area (Å²) in [4.78, 5) is 0. The molecule has 0 amide bonds. The van der Waals surface area contributed by atoms with E-state index in [1.165, 1.54) is 0 Å². The molecular formula is C11H14BrN3S. The molecule has 2 N–H and O–H groups in total. The van der Waals surface area contributed by atoms with Crippen LogP contribution in [0, 0.1) is 6.92 Å². The van der Waals surface area contributed by atoms with Crippen LogP contribution in [-0.2, 0) is 6.54 Å². The summed E-state index contributed by atoms with van der Waals surface area (Å²) < 4.78 is 3.04. The highest BCUT2D eigenvalue weighted by Crippen LogP contribution is 2.30. The molecule has 1 unspecified atom stereocenters. The molecule has 86 valence electrons. The van der Waals surface area contributed by atoms with Crippen LogP contribution in [0.15, 0.2) is 21.3 Å². The van der Waals surface area contributed by atoms with E-state index in [4.69, 9.17) is 5.73 Å². The topological polar surface area (TPSA) is 43.8 Å². The van der Waals surface area contributed by atoms with Crippen LogP contribution in [0.3, 0.4) is 0 Å². The molecule has 2 heterocycles. The van der Waals surface area contributed by atoms with E-state index in [1.54, 1.807) is 11.3 Å². The molecule has 0 spiro atoms. The largest absolute Gasteiger partial charge is 0.319 e. The van der Waals surface area contributed by atoms with Crippen LogP contribution in [0.4, 0.5) is 0 Å². The van der Waals surface area contributed by atoms with Gasteiger partial charge in [-0.25, -0.2) is 0 Å². The Balaban J connectivity index is 2.40. The van der Waals surface area contributed by atoms with E-state index in [9.17, 15) is 0 Å². The number of nitrogens with two attached hydrogens (primary N) is 1. The smallest absolute Gasteiger partial charge is 0.0742 e. The van der Waals surface area contributed by atoms with Crippen LogP contribution >= 0.6 is 27.3 Å². The van der Waals surface area contributed by atoms with Crippen LogP contribution in [0.2, 0.25) is 0 Å². The second-order valence-electron chi connectivity index (χ2n) is 3.68. The van der Waals surface area contributed by atoms with Crippen LogP contribution in [-0.4, -0.2) is 9.78 Å². The maximum absolute atomic E-state index is 6.27. The lowest BCUT2D eigenvalue weighted by molar-refractivity contribution is 0.597. The lowest BCUT2D eigenvalue weighted by Crippen LogP contribution is -2.16. The van der Waals surface area contributed by atoms with Gasteiger partial charge in [-0.2, -0.15) is 16.4 Å². The molecule has 0 bridgehead atoms. The number of aryl methyl sites for hydroxylation is 2. The molecule has 0 saturated heterocycles. The number of hydrogen-bond donors (Lipinski definition) is 1. The monoisotopic (exact) mass is 299 g/mol. The number of halogens is 1. The second-order valence-corrected chi connectivity index (χ2v) is 5.28. The fourth-order valence-electron chi connectivity index (χ4n) is 1.74. The minimum Gasteiger partial charge on any atom is -0.319 e. The summed E-state index contributed by atoms with van der Waals surface area (Å²) in [6.07, 6.45) is 0. The van der Waals surface area contributed by atoms with E-state index in [1.807, 2.05) is 11.6 Å². The molecule has 0 aliphatic heterocycles. The number of nitrogens with zero attached hydrogens (tertiary/aromatic N) is 2. The van der Waals surface area contributed by atoms with Gasteiger partial charge in [0.25, 0.3) is 0 Å². The fraction of sp³-hybridized carbons (Fsp3) is 0.364. The van der Waals surface area contributed by atoms with Crippen LogP contribution in [0.5, 0.6) is 0 Å². The van der Waals surface area contributed by atoms with E-state index in [0.717, 1.165) is 28.0 Å². The normalized spacial score (nSPS) is 13.0. The summed E-state index contributed by atoms with van der Waals surface area (Å²) in [5, 5.41) is 8.55. The quantitative estimate of drug-likeness (QED) is 0.946. The molecule has 1 atom stereocenters. The Kier molecular flexibility index (Phi) is 3.47. The van der Waals surface area contributed by atoms with Gasteiger partial charge in [-0.1, -0.05) is 0 Å². The molecule has 2 rings (SSSR count). The Morgan fingerprint density at radius 2 is 2.31 bits per heavy atom. The molecule has 2 aromatic heterocycles. The molecule has 0 aromatic carbocycles. The summed E-state index contributed by atoms with van der Waals surface area (Å²) in [6, 6.07) is 1.94. The van der Waals surface area contributed by atoms with Gasteiger partial charge in [-0.05, 0) is 46.8 Å².